The minimum atomic E-state index is -4.59. The molecule has 0 aliphatic heterocycles. The van der Waals surface area contributed by atoms with Crippen LogP contribution in [0.3, 0.4) is 0 Å². The molecular weight excluding hydrogens is 317 g/mol. The summed E-state index contributed by atoms with van der Waals surface area (Å²) < 4.78 is 38.4. The van der Waals surface area contributed by atoms with E-state index in [2.05, 4.69) is 0 Å². The van der Waals surface area contributed by atoms with Gasteiger partial charge in [0.25, 0.3) is 0 Å². The van der Waals surface area contributed by atoms with Crippen LogP contribution in [-0.2, 0) is 15.8 Å². The van der Waals surface area contributed by atoms with Gasteiger partial charge in [-0.05, 0) is 11.6 Å². The third kappa shape index (κ3) is 5.53. The molecule has 0 bridgehead atoms. The summed E-state index contributed by atoms with van der Waals surface area (Å²) in [6.45, 7) is 0. The molecule has 0 amide bonds. The number of carboxylic acid groups (broad SMARTS) is 2. The summed E-state index contributed by atoms with van der Waals surface area (Å²) in [4.78, 5) is 21.6. The van der Waals surface area contributed by atoms with E-state index >= 15 is 0 Å². The quantitative estimate of drug-likeness (QED) is 0.597. The number of nitrogens with two attached hydrogens (primary N) is 2. The fraction of sp³-hybridized carbons (Fsp3) is 0.429. The monoisotopic (exact) mass is 334 g/mol. The molecule has 0 fully saturated rings. The van der Waals surface area contributed by atoms with Crippen molar-refractivity contribution in [3.63, 3.8) is 0 Å². The van der Waals surface area contributed by atoms with Crippen molar-refractivity contribution >= 4 is 11.9 Å². The summed E-state index contributed by atoms with van der Waals surface area (Å²) in [5, 5.41) is 17.6. The lowest BCUT2D eigenvalue weighted by Crippen LogP contribution is -2.43. The Labute approximate surface area is 129 Å². The molecule has 1 rings (SSSR count). The highest BCUT2D eigenvalue weighted by molar-refractivity contribution is 5.69. The fourth-order valence-corrected chi connectivity index (χ4v) is 2.39. The summed E-state index contributed by atoms with van der Waals surface area (Å²) in [6, 6.07) is 1.89. The van der Waals surface area contributed by atoms with Crippen molar-refractivity contribution in [1.82, 2.24) is 0 Å². The van der Waals surface area contributed by atoms with Gasteiger partial charge in [0.2, 0.25) is 0 Å². The Bertz CT molecular complexity index is 555. The molecule has 23 heavy (non-hydrogen) atoms. The molecule has 0 aliphatic rings. The van der Waals surface area contributed by atoms with Crippen LogP contribution in [-0.4, -0.2) is 34.2 Å². The van der Waals surface area contributed by atoms with E-state index in [1.54, 1.807) is 0 Å². The third-order valence-corrected chi connectivity index (χ3v) is 3.34. The normalized spacial score (nSPS) is 15.7. The molecule has 1 aromatic carbocycles. The van der Waals surface area contributed by atoms with Gasteiger partial charge in [0.05, 0.1) is 18.4 Å². The molecule has 0 aromatic heterocycles. The summed E-state index contributed by atoms with van der Waals surface area (Å²) in [6.07, 6.45) is -5.68. The van der Waals surface area contributed by atoms with Gasteiger partial charge < -0.3 is 21.7 Å². The van der Waals surface area contributed by atoms with Crippen molar-refractivity contribution in [3.05, 3.63) is 35.4 Å². The molecule has 0 saturated carbocycles. The zero-order valence-electron chi connectivity index (χ0n) is 12.0. The Hall–Kier alpha value is -2.13. The number of aliphatic carboxylic acids is 2. The molecule has 6 N–H and O–H groups in total. The van der Waals surface area contributed by atoms with Gasteiger partial charge in [0.1, 0.15) is 0 Å². The molecule has 0 spiro atoms. The van der Waals surface area contributed by atoms with E-state index in [-0.39, 0.29) is 5.56 Å². The van der Waals surface area contributed by atoms with Crippen LogP contribution in [0, 0.1) is 0 Å². The zero-order valence-corrected chi connectivity index (χ0v) is 12.0. The van der Waals surface area contributed by atoms with Gasteiger partial charge in [-0.25, -0.2) is 0 Å². The summed E-state index contributed by atoms with van der Waals surface area (Å²) in [7, 11) is 0. The van der Waals surface area contributed by atoms with E-state index in [9.17, 15) is 22.8 Å². The van der Waals surface area contributed by atoms with Gasteiger partial charge in [-0.3, -0.25) is 9.59 Å². The minimum absolute atomic E-state index is 0.0577. The molecule has 0 aliphatic carbocycles. The SMILES string of the molecule is NC(CC(=O)O)C(c1cccc(C(F)(F)F)c1)C(N)CC(=O)O. The molecule has 1 aromatic rings. The standard InChI is InChI=1S/C14H17F3N2O4/c15-14(16,17)8-3-1-2-7(4-8)13(9(18)5-11(20)21)10(19)6-12(22)23/h1-4,9-10,13H,5-6,18-19H2,(H,20,21)(H,22,23). The van der Waals surface area contributed by atoms with E-state index in [4.69, 9.17) is 21.7 Å². The Morgan fingerprint density at radius 3 is 1.91 bits per heavy atom. The molecular formula is C14H17F3N2O4. The van der Waals surface area contributed by atoms with Crippen LogP contribution in [0.2, 0.25) is 0 Å². The van der Waals surface area contributed by atoms with Gasteiger partial charge in [-0.1, -0.05) is 18.2 Å². The largest absolute Gasteiger partial charge is 0.481 e. The molecule has 2 atom stereocenters. The fourth-order valence-electron chi connectivity index (χ4n) is 2.39. The lowest BCUT2D eigenvalue weighted by Gasteiger charge is -2.28. The summed E-state index contributed by atoms with van der Waals surface area (Å²) in [5.74, 6) is -3.54. The Morgan fingerprint density at radius 2 is 1.52 bits per heavy atom. The van der Waals surface area contributed by atoms with E-state index in [1.165, 1.54) is 6.07 Å². The highest BCUT2D eigenvalue weighted by Gasteiger charge is 2.34. The lowest BCUT2D eigenvalue weighted by molar-refractivity contribution is -0.139. The number of rotatable bonds is 7. The van der Waals surface area contributed by atoms with Crippen LogP contribution in [0.4, 0.5) is 13.2 Å². The number of alkyl halides is 3. The van der Waals surface area contributed by atoms with Gasteiger partial charge in [0.15, 0.2) is 0 Å². The van der Waals surface area contributed by atoms with Gasteiger partial charge in [-0.15, -0.1) is 0 Å². The van der Waals surface area contributed by atoms with E-state index < -0.39 is 54.5 Å². The van der Waals surface area contributed by atoms with E-state index in [1.807, 2.05) is 0 Å². The van der Waals surface area contributed by atoms with Crippen molar-refractivity contribution < 1.29 is 33.0 Å². The van der Waals surface area contributed by atoms with Gasteiger partial charge >= 0.3 is 18.1 Å². The molecule has 9 heteroatoms. The Morgan fingerprint density at radius 1 is 1.04 bits per heavy atom. The first-order valence-electron chi connectivity index (χ1n) is 6.64. The number of carbonyl (C=O) groups is 2. The second kappa shape index (κ2) is 7.42. The van der Waals surface area contributed by atoms with Crippen LogP contribution in [0.25, 0.3) is 0 Å². The predicted octanol–water partition coefficient (Wildman–Crippen LogP) is 1.39. The average Bonchev–Trinajstić information content (AvgIpc) is 2.36. The maximum absolute atomic E-state index is 12.8. The molecule has 0 heterocycles. The highest BCUT2D eigenvalue weighted by Crippen LogP contribution is 2.33. The smallest absolute Gasteiger partial charge is 0.416 e. The lowest BCUT2D eigenvalue weighted by atomic mass is 9.82. The second-order valence-electron chi connectivity index (χ2n) is 5.17. The maximum Gasteiger partial charge on any atom is 0.416 e. The third-order valence-electron chi connectivity index (χ3n) is 3.34. The minimum Gasteiger partial charge on any atom is -0.481 e. The van der Waals surface area contributed by atoms with Crippen molar-refractivity contribution in [2.75, 3.05) is 0 Å². The van der Waals surface area contributed by atoms with E-state index in [0.717, 1.165) is 18.2 Å². The zero-order chi connectivity index (χ0) is 17.8. The van der Waals surface area contributed by atoms with Gasteiger partial charge in [-0.2, -0.15) is 13.2 Å². The van der Waals surface area contributed by atoms with Crippen LogP contribution in [0.15, 0.2) is 24.3 Å². The Balaban J connectivity index is 3.22. The topological polar surface area (TPSA) is 127 Å². The van der Waals surface area contributed by atoms with E-state index in [0.29, 0.717) is 0 Å². The first-order valence-corrected chi connectivity index (χ1v) is 6.64. The predicted molar refractivity (Wildman–Crippen MR) is 74.6 cm³/mol. The maximum atomic E-state index is 12.8. The molecule has 2 unspecified atom stereocenters. The van der Waals surface area contributed by atoms with Gasteiger partial charge in [0, 0.05) is 18.0 Å². The summed E-state index contributed by atoms with van der Waals surface area (Å²) >= 11 is 0. The van der Waals surface area contributed by atoms with Crippen LogP contribution < -0.4 is 11.5 Å². The number of hydrogen-bond acceptors (Lipinski definition) is 4. The van der Waals surface area contributed by atoms with Crippen molar-refractivity contribution in [1.29, 1.82) is 0 Å². The van der Waals surface area contributed by atoms with Crippen molar-refractivity contribution in [2.45, 2.75) is 37.0 Å². The second-order valence-corrected chi connectivity index (χ2v) is 5.17. The number of hydrogen-bond donors (Lipinski definition) is 4. The number of benzene rings is 1. The molecule has 6 nitrogen and oxygen atoms in total. The van der Waals surface area contributed by atoms with Crippen LogP contribution in [0.1, 0.15) is 29.9 Å². The van der Waals surface area contributed by atoms with Crippen molar-refractivity contribution in [3.8, 4) is 0 Å². The number of halogens is 3. The highest BCUT2D eigenvalue weighted by atomic mass is 19.4. The molecule has 128 valence electrons. The number of carboxylic acids is 2. The van der Waals surface area contributed by atoms with Crippen LogP contribution >= 0.6 is 0 Å². The Kier molecular flexibility index (Phi) is 6.11. The average molecular weight is 334 g/mol. The summed E-state index contributed by atoms with van der Waals surface area (Å²) in [5.41, 5.74) is 10.6. The molecule has 0 saturated heterocycles. The van der Waals surface area contributed by atoms with Crippen molar-refractivity contribution in [2.24, 2.45) is 11.5 Å². The first-order chi connectivity index (χ1) is 10.5. The molecule has 0 radical (unpaired) electrons. The van der Waals surface area contributed by atoms with Crippen LogP contribution in [0.5, 0.6) is 0 Å². The first kappa shape index (κ1) is 18.9.